The molecule has 0 amide bonds. The Balaban J connectivity index is 2.09. The van der Waals surface area contributed by atoms with Crippen molar-refractivity contribution in [2.45, 2.75) is 58.0 Å². The Kier molecular flexibility index (Phi) is 3.36. The first-order valence-electron chi connectivity index (χ1n) is 6.50. The molecule has 2 aliphatic rings. The van der Waals surface area contributed by atoms with Crippen LogP contribution in [0.2, 0.25) is 0 Å². The maximum absolute atomic E-state index is 5.52. The predicted molar refractivity (Wildman–Crippen MR) is 63.0 cm³/mol. The highest BCUT2D eigenvalue weighted by molar-refractivity contribution is 4.99. The van der Waals surface area contributed by atoms with Gasteiger partial charge in [0.05, 0.1) is 0 Å². The molecule has 2 saturated heterocycles. The third-order valence-corrected chi connectivity index (χ3v) is 4.53. The fourth-order valence-electron chi connectivity index (χ4n) is 3.24. The van der Waals surface area contributed by atoms with Crippen molar-refractivity contribution >= 4 is 0 Å². The summed E-state index contributed by atoms with van der Waals surface area (Å²) in [6, 6.07) is 0.727. The zero-order valence-corrected chi connectivity index (χ0v) is 10.5. The van der Waals surface area contributed by atoms with Crippen molar-refractivity contribution in [2.24, 2.45) is 5.92 Å². The first kappa shape index (κ1) is 11.4. The number of rotatable bonds is 2. The van der Waals surface area contributed by atoms with Crippen molar-refractivity contribution in [1.29, 1.82) is 0 Å². The van der Waals surface area contributed by atoms with Gasteiger partial charge in [-0.05, 0) is 45.1 Å². The Hall–Kier alpha value is -0.0800. The molecule has 15 heavy (non-hydrogen) atoms. The molecule has 0 bridgehead atoms. The summed E-state index contributed by atoms with van der Waals surface area (Å²) in [6.07, 6.45) is 5.29. The first-order chi connectivity index (χ1) is 7.16. The average molecular weight is 211 g/mol. The van der Waals surface area contributed by atoms with Crippen LogP contribution in [0.4, 0.5) is 0 Å². The lowest BCUT2D eigenvalue weighted by atomic mass is 9.85. The van der Waals surface area contributed by atoms with Gasteiger partial charge >= 0.3 is 0 Å². The lowest BCUT2D eigenvalue weighted by Crippen LogP contribution is -2.52. The summed E-state index contributed by atoms with van der Waals surface area (Å²) >= 11 is 0. The molecule has 2 heteroatoms. The van der Waals surface area contributed by atoms with Crippen LogP contribution in [0.3, 0.4) is 0 Å². The molecule has 0 aromatic carbocycles. The van der Waals surface area contributed by atoms with Crippen LogP contribution in [-0.4, -0.2) is 36.2 Å². The molecule has 2 fully saturated rings. The second-order valence-corrected chi connectivity index (χ2v) is 5.62. The van der Waals surface area contributed by atoms with Crippen LogP contribution >= 0.6 is 0 Å². The van der Waals surface area contributed by atoms with Gasteiger partial charge in [0.15, 0.2) is 0 Å². The molecule has 0 saturated carbocycles. The van der Waals surface area contributed by atoms with E-state index < -0.39 is 0 Å². The Bertz CT molecular complexity index is 209. The van der Waals surface area contributed by atoms with Crippen molar-refractivity contribution in [2.75, 3.05) is 19.8 Å². The van der Waals surface area contributed by atoms with Crippen molar-refractivity contribution in [3.8, 4) is 0 Å². The summed E-state index contributed by atoms with van der Waals surface area (Å²) in [7, 11) is 0. The standard InChI is InChI=1S/C13H25NO/c1-11(2)12(3)14-8-4-5-13(14)6-9-15-10-7-13/h11-12H,4-10H2,1-3H3/t12-/m0/s1. The van der Waals surface area contributed by atoms with E-state index in [-0.39, 0.29) is 0 Å². The number of nitrogens with zero attached hydrogens (tertiary/aromatic N) is 1. The van der Waals surface area contributed by atoms with Gasteiger partial charge in [0.2, 0.25) is 0 Å². The largest absolute Gasteiger partial charge is 0.381 e. The fraction of sp³-hybridized carbons (Fsp3) is 1.00. The molecule has 0 unspecified atom stereocenters. The van der Waals surface area contributed by atoms with E-state index in [1.807, 2.05) is 0 Å². The van der Waals surface area contributed by atoms with Crippen LogP contribution in [-0.2, 0) is 4.74 Å². The maximum atomic E-state index is 5.52. The fourth-order valence-corrected chi connectivity index (χ4v) is 3.24. The number of hydrogen-bond acceptors (Lipinski definition) is 2. The summed E-state index contributed by atoms with van der Waals surface area (Å²) in [5.74, 6) is 0.766. The van der Waals surface area contributed by atoms with Gasteiger partial charge in [0.25, 0.3) is 0 Å². The molecule has 2 heterocycles. The molecule has 0 aromatic heterocycles. The topological polar surface area (TPSA) is 12.5 Å². The molecule has 88 valence electrons. The van der Waals surface area contributed by atoms with Crippen molar-refractivity contribution in [3.05, 3.63) is 0 Å². The maximum Gasteiger partial charge on any atom is 0.0483 e. The van der Waals surface area contributed by atoms with Crippen LogP contribution < -0.4 is 0 Å². The molecule has 2 rings (SSSR count). The summed E-state index contributed by atoms with van der Waals surface area (Å²) in [4.78, 5) is 2.78. The summed E-state index contributed by atoms with van der Waals surface area (Å²) < 4.78 is 5.52. The van der Waals surface area contributed by atoms with Crippen LogP contribution in [0, 0.1) is 5.92 Å². The van der Waals surface area contributed by atoms with Crippen LogP contribution in [0.15, 0.2) is 0 Å². The Morgan fingerprint density at radius 1 is 1.07 bits per heavy atom. The summed E-state index contributed by atoms with van der Waals surface area (Å²) in [5, 5.41) is 0. The molecule has 1 atom stereocenters. The molecular formula is C13H25NO. The summed E-state index contributed by atoms with van der Waals surface area (Å²) in [6.45, 7) is 10.3. The van der Waals surface area contributed by atoms with Gasteiger partial charge in [-0.2, -0.15) is 0 Å². The molecule has 0 radical (unpaired) electrons. The molecule has 0 aromatic rings. The molecule has 1 spiro atoms. The zero-order valence-electron chi connectivity index (χ0n) is 10.5. The van der Waals surface area contributed by atoms with Crippen LogP contribution in [0.25, 0.3) is 0 Å². The van der Waals surface area contributed by atoms with E-state index in [2.05, 4.69) is 25.7 Å². The van der Waals surface area contributed by atoms with Crippen molar-refractivity contribution < 1.29 is 4.74 Å². The lowest BCUT2D eigenvalue weighted by Gasteiger charge is -2.45. The molecule has 2 aliphatic heterocycles. The quantitative estimate of drug-likeness (QED) is 0.696. The number of likely N-dealkylation sites (tertiary alicyclic amines) is 1. The second kappa shape index (κ2) is 4.42. The van der Waals surface area contributed by atoms with Gasteiger partial charge in [0.1, 0.15) is 0 Å². The van der Waals surface area contributed by atoms with Gasteiger partial charge in [-0.1, -0.05) is 13.8 Å². The highest BCUT2D eigenvalue weighted by Crippen LogP contribution is 2.40. The van der Waals surface area contributed by atoms with Gasteiger partial charge < -0.3 is 4.74 Å². The highest BCUT2D eigenvalue weighted by Gasteiger charge is 2.44. The first-order valence-corrected chi connectivity index (χ1v) is 6.50. The minimum Gasteiger partial charge on any atom is -0.381 e. The predicted octanol–water partition coefficient (Wildman–Crippen LogP) is 2.68. The Labute approximate surface area is 94.0 Å². The van der Waals surface area contributed by atoms with Crippen molar-refractivity contribution in [3.63, 3.8) is 0 Å². The highest BCUT2D eigenvalue weighted by atomic mass is 16.5. The van der Waals surface area contributed by atoms with Gasteiger partial charge in [-0.25, -0.2) is 0 Å². The van der Waals surface area contributed by atoms with E-state index in [9.17, 15) is 0 Å². The zero-order chi connectivity index (χ0) is 10.9. The van der Waals surface area contributed by atoms with Gasteiger partial charge in [0, 0.05) is 24.8 Å². The lowest BCUT2D eigenvalue weighted by molar-refractivity contribution is -0.0298. The molecule has 0 aliphatic carbocycles. The number of hydrogen-bond donors (Lipinski definition) is 0. The normalized spacial score (nSPS) is 28.8. The SMILES string of the molecule is CC(C)[C@H](C)N1CCCC12CCOCC2. The molecular weight excluding hydrogens is 186 g/mol. The Morgan fingerprint density at radius 3 is 2.33 bits per heavy atom. The van der Waals surface area contributed by atoms with Gasteiger partial charge in [-0.3, -0.25) is 4.90 Å². The third kappa shape index (κ3) is 2.07. The van der Waals surface area contributed by atoms with E-state index >= 15 is 0 Å². The number of ether oxygens (including phenoxy) is 1. The van der Waals surface area contributed by atoms with E-state index in [1.165, 1.54) is 32.2 Å². The van der Waals surface area contributed by atoms with E-state index in [1.54, 1.807) is 0 Å². The van der Waals surface area contributed by atoms with E-state index in [0.717, 1.165) is 25.2 Å². The average Bonchev–Trinajstić information content (AvgIpc) is 2.61. The molecule has 2 nitrogen and oxygen atoms in total. The third-order valence-electron chi connectivity index (χ3n) is 4.53. The van der Waals surface area contributed by atoms with Crippen LogP contribution in [0.5, 0.6) is 0 Å². The smallest absolute Gasteiger partial charge is 0.0483 e. The van der Waals surface area contributed by atoms with Crippen LogP contribution in [0.1, 0.15) is 46.5 Å². The second-order valence-electron chi connectivity index (χ2n) is 5.62. The monoisotopic (exact) mass is 211 g/mol. The minimum absolute atomic E-state index is 0.502. The van der Waals surface area contributed by atoms with Crippen molar-refractivity contribution in [1.82, 2.24) is 4.90 Å². The Morgan fingerprint density at radius 2 is 1.73 bits per heavy atom. The van der Waals surface area contributed by atoms with E-state index in [4.69, 9.17) is 4.74 Å². The van der Waals surface area contributed by atoms with Gasteiger partial charge in [-0.15, -0.1) is 0 Å². The summed E-state index contributed by atoms with van der Waals surface area (Å²) in [5.41, 5.74) is 0.502. The molecule has 0 N–H and O–H groups in total. The van der Waals surface area contributed by atoms with E-state index in [0.29, 0.717) is 5.54 Å². The minimum atomic E-state index is 0.502.